The van der Waals surface area contributed by atoms with Gasteiger partial charge in [-0.15, -0.1) is 0 Å². The van der Waals surface area contributed by atoms with Crippen molar-refractivity contribution in [2.24, 2.45) is 0 Å². The van der Waals surface area contributed by atoms with E-state index in [1.165, 1.54) is 0 Å². The molecule has 8 nitrogen and oxygen atoms in total. The van der Waals surface area contributed by atoms with E-state index >= 15 is 0 Å². The van der Waals surface area contributed by atoms with Gasteiger partial charge < -0.3 is 20.3 Å². The van der Waals surface area contributed by atoms with Crippen LogP contribution in [0.15, 0.2) is 78.9 Å². The number of carboxylic acids is 1. The maximum Gasteiger partial charge on any atom is 0.322 e. The first-order valence-corrected chi connectivity index (χ1v) is 11.3. The lowest BCUT2D eigenvalue weighted by atomic mass is 10.0. The number of carbonyl (C=O) groups excluding carboxylic acids is 1. The summed E-state index contributed by atoms with van der Waals surface area (Å²) in [5, 5.41) is 21.1. The van der Waals surface area contributed by atoms with Gasteiger partial charge in [-0.25, -0.2) is 9.97 Å². The second-order valence-electron chi connectivity index (χ2n) is 8.17. The molecule has 3 N–H and O–H groups in total. The van der Waals surface area contributed by atoms with Gasteiger partial charge in [-0.1, -0.05) is 66.7 Å². The fourth-order valence-corrected chi connectivity index (χ4v) is 3.61. The van der Waals surface area contributed by atoms with Crippen LogP contribution >= 0.6 is 0 Å². The van der Waals surface area contributed by atoms with Crippen LogP contribution in [-0.2, 0) is 17.8 Å². The molecular weight excluding hydrogens is 458 g/mol. The molecule has 1 heterocycles. The Kier molecular flexibility index (Phi) is 7.55. The molecule has 0 aliphatic heterocycles. The van der Waals surface area contributed by atoms with Crippen LogP contribution in [-0.4, -0.2) is 38.6 Å². The number of aromatic hydroxyl groups is 1. The molecule has 4 rings (SSSR count). The van der Waals surface area contributed by atoms with Crippen molar-refractivity contribution in [1.82, 2.24) is 15.3 Å². The summed E-state index contributed by atoms with van der Waals surface area (Å²) in [5.41, 5.74) is 4.03. The number of aryl methyl sites for hydroxylation is 1. The average molecular weight is 484 g/mol. The summed E-state index contributed by atoms with van der Waals surface area (Å²) in [6, 6.07) is 25.7. The molecule has 8 heteroatoms. The molecular formula is C28H25N3O5. The third kappa shape index (κ3) is 6.24. The van der Waals surface area contributed by atoms with Crippen molar-refractivity contribution in [3.05, 3.63) is 107 Å². The molecule has 0 aliphatic carbocycles. The summed E-state index contributed by atoms with van der Waals surface area (Å²) < 4.78 is 5.94. The fourth-order valence-electron chi connectivity index (χ4n) is 3.61. The minimum absolute atomic E-state index is 0.240. The quantitative estimate of drug-likeness (QED) is 0.327. The number of ether oxygens (including phenoxy) is 1. The Balaban J connectivity index is 1.46. The molecule has 0 atom stereocenters. The van der Waals surface area contributed by atoms with E-state index < -0.39 is 18.4 Å². The van der Waals surface area contributed by atoms with Gasteiger partial charge in [0.25, 0.3) is 5.91 Å². The Morgan fingerprint density at radius 2 is 1.64 bits per heavy atom. The van der Waals surface area contributed by atoms with Crippen LogP contribution < -0.4 is 10.1 Å². The standard InChI is InChI=1S/C28H25N3O5/c1-18-27(34)26(28(35)29-16-25(32)33)31-24(30-18)14-19-10-12-21(13-11-19)22-8-5-9-23(15-22)36-17-20-6-3-2-4-7-20/h2-13,15,34H,14,16-17H2,1H3,(H,29,35)(H,32,33). The Bertz CT molecular complexity index is 1370. The number of hydrogen-bond donors (Lipinski definition) is 3. The summed E-state index contributed by atoms with van der Waals surface area (Å²) in [7, 11) is 0. The van der Waals surface area contributed by atoms with Crippen molar-refractivity contribution in [2.45, 2.75) is 20.0 Å². The molecule has 0 fully saturated rings. The topological polar surface area (TPSA) is 122 Å². The minimum Gasteiger partial charge on any atom is -0.504 e. The zero-order valence-electron chi connectivity index (χ0n) is 19.6. The molecule has 1 aromatic heterocycles. The van der Waals surface area contributed by atoms with Gasteiger partial charge in [0.05, 0.1) is 5.69 Å². The molecule has 0 bridgehead atoms. The van der Waals surface area contributed by atoms with E-state index in [2.05, 4.69) is 15.3 Å². The first kappa shape index (κ1) is 24.4. The fraction of sp³-hybridized carbons (Fsp3) is 0.143. The Morgan fingerprint density at radius 1 is 0.889 bits per heavy atom. The van der Waals surface area contributed by atoms with Crippen LogP contribution in [0.4, 0.5) is 0 Å². The van der Waals surface area contributed by atoms with Crippen molar-refractivity contribution in [3.63, 3.8) is 0 Å². The average Bonchev–Trinajstić information content (AvgIpc) is 2.89. The monoisotopic (exact) mass is 483 g/mol. The molecule has 182 valence electrons. The van der Waals surface area contributed by atoms with Crippen LogP contribution in [0.25, 0.3) is 11.1 Å². The van der Waals surface area contributed by atoms with Crippen molar-refractivity contribution < 1.29 is 24.5 Å². The lowest BCUT2D eigenvalue weighted by molar-refractivity contribution is -0.135. The number of amides is 1. The zero-order chi connectivity index (χ0) is 25.5. The lowest BCUT2D eigenvalue weighted by Crippen LogP contribution is -2.30. The summed E-state index contributed by atoms with van der Waals surface area (Å²) in [6.07, 6.45) is 0.334. The van der Waals surface area contributed by atoms with E-state index in [-0.39, 0.29) is 17.1 Å². The number of nitrogens with one attached hydrogen (secondary N) is 1. The smallest absolute Gasteiger partial charge is 0.322 e. The number of carbonyl (C=O) groups is 2. The third-order valence-corrected chi connectivity index (χ3v) is 5.45. The first-order chi connectivity index (χ1) is 17.4. The van der Waals surface area contributed by atoms with Crippen LogP contribution in [0.3, 0.4) is 0 Å². The largest absolute Gasteiger partial charge is 0.504 e. The SMILES string of the molecule is Cc1nc(Cc2ccc(-c3cccc(OCc4ccccc4)c3)cc2)nc(C(=O)NCC(=O)O)c1O. The number of benzene rings is 3. The van der Waals surface area contributed by atoms with Gasteiger partial charge in [0.2, 0.25) is 0 Å². The van der Waals surface area contributed by atoms with Crippen LogP contribution in [0.1, 0.15) is 33.1 Å². The summed E-state index contributed by atoms with van der Waals surface area (Å²) in [6.45, 7) is 1.48. The van der Waals surface area contributed by atoms with E-state index in [0.29, 0.717) is 18.9 Å². The summed E-state index contributed by atoms with van der Waals surface area (Å²) >= 11 is 0. The van der Waals surface area contributed by atoms with E-state index in [4.69, 9.17) is 9.84 Å². The second kappa shape index (κ2) is 11.1. The first-order valence-electron chi connectivity index (χ1n) is 11.3. The highest BCUT2D eigenvalue weighted by Gasteiger charge is 2.18. The number of aromatic nitrogens is 2. The second-order valence-corrected chi connectivity index (χ2v) is 8.17. The van der Waals surface area contributed by atoms with Gasteiger partial charge in [-0.05, 0) is 41.3 Å². The number of rotatable bonds is 9. The Hall–Kier alpha value is -4.72. The molecule has 0 saturated heterocycles. The maximum absolute atomic E-state index is 12.2. The van der Waals surface area contributed by atoms with Gasteiger partial charge in [-0.2, -0.15) is 0 Å². The van der Waals surface area contributed by atoms with Crippen LogP contribution in [0.2, 0.25) is 0 Å². The molecule has 4 aromatic rings. The van der Waals surface area contributed by atoms with Crippen LogP contribution in [0, 0.1) is 6.92 Å². The maximum atomic E-state index is 12.2. The van der Waals surface area contributed by atoms with Gasteiger partial charge in [-0.3, -0.25) is 9.59 Å². The zero-order valence-corrected chi connectivity index (χ0v) is 19.6. The van der Waals surface area contributed by atoms with E-state index in [0.717, 1.165) is 28.0 Å². The predicted octanol–water partition coefficient (Wildman–Crippen LogP) is 4.14. The van der Waals surface area contributed by atoms with Gasteiger partial charge >= 0.3 is 5.97 Å². The number of aliphatic carboxylic acids is 1. The molecule has 1 amide bonds. The molecule has 0 spiro atoms. The Morgan fingerprint density at radius 3 is 2.36 bits per heavy atom. The van der Waals surface area contributed by atoms with Crippen molar-refractivity contribution in [2.75, 3.05) is 6.54 Å². The van der Waals surface area contributed by atoms with Crippen LogP contribution in [0.5, 0.6) is 11.5 Å². The number of hydrogen-bond acceptors (Lipinski definition) is 6. The predicted molar refractivity (Wildman–Crippen MR) is 134 cm³/mol. The van der Waals surface area contributed by atoms with Gasteiger partial charge in [0, 0.05) is 6.42 Å². The molecule has 0 saturated carbocycles. The molecule has 0 unspecified atom stereocenters. The lowest BCUT2D eigenvalue weighted by Gasteiger charge is -2.10. The highest BCUT2D eigenvalue weighted by atomic mass is 16.5. The molecule has 36 heavy (non-hydrogen) atoms. The third-order valence-electron chi connectivity index (χ3n) is 5.45. The van der Waals surface area contributed by atoms with Gasteiger partial charge in [0.15, 0.2) is 11.4 Å². The van der Waals surface area contributed by atoms with E-state index in [1.807, 2.05) is 78.9 Å². The van der Waals surface area contributed by atoms with Gasteiger partial charge in [0.1, 0.15) is 24.7 Å². The van der Waals surface area contributed by atoms with E-state index in [9.17, 15) is 14.7 Å². The highest BCUT2D eigenvalue weighted by molar-refractivity contribution is 5.96. The summed E-state index contributed by atoms with van der Waals surface area (Å²) in [4.78, 5) is 31.4. The highest BCUT2D eigenvalue weighted by Crippen LogP contribution is 2.26. The van der Waals surface area contributed by atoms with Crippen molar-refractivity contribution in [1.29, 1.82) is 0 Å². The number of carboxylic acid groups (broad SMARTS) is 1. The molecule has 0 radical (unpaired) electrons. The Labute approximate surface area is 208 Å². The summed E-state index contributed by atoms with van der Waals surface area (Å²) in [5.74, 6) is -1.21. The van der Waals surface area contributed by atoms with Crippen molar-refractivity contribution >= 4 is 11.9 Å². The molecule has 3 aromatic carbocycles. The number of nitrogens with zero attached hydrogens (tertiary/aromatic N) is 2. The van der Waals surface area contributed by atoms with E-state index in [1.54, 1.807) is 6.92 Å². The minimum atomic E-state index is -1.19. The normalized spacial score (nSPS) is 10.6. The van der Waals surface area contributed by atoms with Crippen molar-refractivity contribution in [3.8, 4) is 22.6 Å². The molecule has 0 aliphatic rings.